The summed E-state index contributed by atoms with van der Waals surface area (Å²) in [7, 11) is 0. The first-order valence-electron chi connectivity index (χ1n) is 17.4. The molecule has 0 spiro atoms. The molecule has 2 aromatic rings. The molecule has 2 aromatic carbocycles. The summed E-state index contributed by atoms with van der Waals surface area (Å²) in [6, 6.07) is 9.88. The maximum Gasteiger partial charge on any atom is 0.203 e. The van der Waals surface area contributed by atoms with Crippen molar-refractivity contribution in [1.82, 2.24) is 0 Å². The smallest absolute Gasteiger partial charge is 0.203 e. The van der Waals surface area contributed by atoms with Gasteiger partial charge in [0.15, 0.2) is 11.5 Å². The highest BCUT2D eigenvalue weighted by molar-refractivity contribution is 5.86. The molecule has 0 fully saturated rings. The normalized spacial score (nSPS) is 11.2. The molecule has 0 saturated carbocycles. The van der Waals surface area contributed by atoms with E-state index >= 15 is 0 Å². The molecule has 0 aromatic heterocycles. The number of carboxylic acid groups (broad SMARTS) is 1. The maximum atomic E-state index is 11.1. The van der Waals surface area contributed by atoms with Crippen LogP contribution >= 0.6 is 0 Å². The van der Waals surface area contributed by atoms with Crippen LogP contribution < -0.4 is 19.3 Å². The second kappa shape index (κ2) is 24.3. The second-order valence-electron chi connectivity index (χ2n) is 11.7. The number of nitrogens with zero attached hydrogens (tertiary/aromatic N) is 2. The Bertz CT molecular complexity index is 1020. The van der Waals surface area contributed by atoms with E-state index in [4.69, 9.17) is 14.2 Å². The SMILES string of the molecule is CCCCCCCCOc1cc(N=Nc2ccc(C(=O)[O-])cc2)cc(OCCCCCCCC)c1OCCCCCCCC. The van der Waals surface area contributed by atoms with E-state index in [1.165, 1.54) is 89.2 Å². The lowest BCUT2D eigenvalue weighted by Gasteiger charge is -2.18. The largest absolute Gasteiger partial charge is 0.545 e. The molecule has 0 saturated heterocycles. The van der Waals surface area contributed by atoms with Crippen molar-refractivity contribution in [2.75, 3.05) is 19.8 Å². The minimum absolute atomic E-state index is 0.103. The minimum atomic E-state index is -1.22. The summed E-state index contributed by atoms with van der Waals surface area (Å²) in [5, 5.41) is 19.9. The molecule has 0 aliphatic rings. The van der Waals surface area contributed by atoms with E-state index in [0.29, 0.717) is 48.4 Å². The number of carbonyl (C=O) groups excluding carboxylic acids is 1. The summed E-state index contributed by atoms with van der Waals surface area (Å²) in [5.74, 6) is 0.689. The van der Waals surface area contributed by atoms with E-state index in [0.717, 1.165) is 38.5 Å². The number of benzene rings is 2. The van der Waals surface area contributed by atoms with E-state index < -0.39 is 5.97 Å². The molecule has 2 rings (SSSR count). The molecule has 7 nitrogen and oxygen atoms in total. The molecule has 0 unspecified atom stereocenters. The highest BCUT2D eigenvalue weighted by Crippen LogP contribution is 2.42. The Labute approximate surface area is 266 Å². The van der Waals surface area contributed by atoms with Crippen molar-refractivity contribution >= 4 is 17.3 Å². The highest BCUT2D eigenvalue weighted by Gasteiger charge is 2.16. The standard InChI is InChI=1S/C37H58N2O5/c1-4-7-10-13-16-19-26-42-34-29-33(39-38-32-24-22-31(23-25-32)37(40)41)30-35(43-27-20-17-14-11-8-5-2)36(34)44-28-21-18-15-12-9-6-3/h22-25,29-30H,4-21,26-28H2,1-3H3,(H,40,41)/p-1. The molecular formula is C37H57N2O5-. The van der Waals surface area contributed by atoms with E-state index in [1.807, 2.05) is 12.1 Å². The zero-order chi connectivity index (χ0) is 31.7. The van der Waals surface area contributed by atoms with Gasteiger partial charge in [0, 0.05) is 12.1 Å². The molecular weight excluding hydrogens is 552 g/mol. The van der Waals surface area contributed by atoms with Gasteiger partial charge in [-0.2, -0.15) is 10.2 Å². The van der Waals surface area contributed by atoms with E-state index in [2.05, 4.69) is 31.0 Å². The number of azo groups is 1. The van der Waals surface area contributed by atoms with Crippen molar-refractivity contribution < 1.29 is 24.1 Å². The van der Waals surface area contributed by atoms with Gasteiger partial charge in [-0.1, -0.05) is 129 Å². The molecule has 0 amide bonds. The van der Waals surface area contributed by atoms with E-state index in [-0.39, 0.29) is 5.56 Å². The average Bonchev–Trinajstić information content (AvgIpc) is 3.03. The Kier molecular flexibility index (Phi) is 20.5. The molecule has 0 N–H and O–H groups in total. The van der Waals surface area contributed by atoms with Gasteiger partial charge in [0.2, 0.25) is 5.75 Å². The number of carbonyl (C=O) groups is 1. The predicted molar refractivity (Wildman–Crippen MR) is 178 cm³/mol. The van der Waals surface area contributed by atoms with Crippen molar-refractivity contribution in [3.05, 3.63) is 42.0 Å². The zero-order valence-corrected chi connectivity index (χ0v) is 27.7. The molecule has 0 heterocycles. The summed E-state index contributed by atoms with van der Waals surface area (Å²) < 4.78 is 19.0. The number of rotatable bonds is 27. The third-order valence-electron chi connectivity index (χ3n) is 7.64. The first kappa shape index (κ1) is 37.1. The van der Waals surface area contributed by atoms with Gasteiger partial charge in [-0.05, 0) is 37.0 Å². The fourth-order valence-corrected chi connectivity index (χ4v) is 4.94. The molecule has 44 heavy (non-hydrogen) atoms. The minimum Gasteiger partial charge on any atom is -0.545 e. The molecule has 0 radical (unpaired) electrons. The topological polar surface area (TPSA) is 92.5 Å². The van der Waals surface area contributed by atoms with Crippen molar-refractivity contribution in [1.29, 1.82) is 0 Å². The van der Waals surface area contributed by atoms with Gasteiger partial charge in [0.25, 0.3) is 0 Å². The van der Waals surface area contributed by atoms with Gasteiger partial charge in [-0.3, -0.25) is 0 Å². The van der Waals surface area contributed by atoms with Gasteiger partial charge < -0.3 is 24.1 Å². The van der Waals surface area contributed by atoms with Crippen LogP contribution in [0, 0.1) is 0 Å². The van der Waals surface area contributed by atoms with Crippen LogP contribution in [-0.2, 0) is 0 Å². The van der Waals surface area contributed by atoms with E-state index in [1.54, 1.807) is 12.1 Å². The summed E-state index contributed by atoms with van der Waals surface area (Å²) in [5.41, 5.74) is 1.24. The monoisotopic (exact) mass is 609 g/mol. The third-order valence-corrected chi connectivity index (χ3v) is 7.64. The van der Waals surface area contributed by atoms with Crippen LogP contribution in [0.3, 0.4) is 0 Å². The molecule has 7 heteroatoms. The molecule has 246 valence electrons. The van der Waals surface area contributed by atoms with Crippen LogP contribution in [0.25, 0.3) is 0 Å². The van der Waals surface area contributed by atoms with Gasteiger partial charge in [0.1, 0.15) is 0 Å². The molecule has 0 aliphatic heterocycles. The predicted octanol–water partition coefficient (Wildman–Crippen LogP) is 10.7. The zero-order valence-electron chi connectivity index (χ0n) is 27.7. The molecule has 0 aliphatic carbocycles. The lowest BCUT2D eigenvalue weighted by molar-refractivity contribution is -0.255. The van der Waals surface area contributed by atoms with Gasteiger partial charge in [0.05, 0.1) is 37.2 Å². The molecule has 0 bridgehead atoms. The first-order valence-corrected chi connectivity index (χ1v) is 17.4. The number of unbranched alkanes of at least 4 members (excludes halogenated alkanes) is 15. The average molecular weight is 610 g/mol. The first-order chi connectivity index (χ1) is 21.6. The van der Waals surface area contributed by atoms with Crippen molar-refractivity contribution in [3.8, 4) is 17.2 Å². The van der Waals surface area contributed by atoms with Crippen LogP contribution in [0.2, 0.25) is 0 Å². The lowest BCUT2D eigenvalue weighted by atomic mass is 10.1. The fourth-order valence-electron chi connectivity index (χ4n) is 4.94. The summed E-state index contributed by atoms with van der Waals surface area (Å²) >= 11 is 0. The summed E-state index contributed by atoms with van der Waals surface area (Å²) in [4.78, 5) is 11.1. The van der Waals surface area contributed by atoms with Crippen molar-refractivity contribution in [3.63, 3.8) is 0 Å². The van der Waals surface area contributed by atoms with Gasteiger partial charge in [-0.25, -0.2) is 0 Å². The Morgan fingerprint density at radius 2 is 0.932 bits per heavy atom. The summed E-state index contributed by atoms with van der Waals surface area (Å²) in [6.07, 6.45) is 21.4. The van der Waals surface area contributed by atoms with Crippen LogP contribution in [-0.4, -0.2) is 25.8 Å². The van der Waals surface area contributed by atoms with Crippen LogP contribution in [0.5, 0.6) is 17.2 Å². The fraction of sp³-hybridized carbons (Fsp3) is 0.649. The van der Waals surface area contributed by atoms with Crippen LogP contribution in [0.4, 0.5) is 11.4 Å². The Morgan fingerprint density at radius 1 is 0.545 bits per heavy atom. The number of hydrogen-bond acceptors (Lipinski definition) is 7. The van der Waals surface area contributed by atoms with Crippen molar-refractivity contribution in [2.45, 2.75) is 136 Å². The van der Waals surface area contributed by atoms with Crippen LogP contribution in [0.1, 0.15) is 147 Å². The van der Waals surface area contributed by atoms with E-state index in [9.17, 15) is 9.90 Å². The number of hydrogen-bond donors (Lipinski definition) is 0. The van der Waals surface area contributed by atoms with Crippen LogP contribution in [0.15, 0.2) is 46.6 Å². The van der Waals surface area contributed by atoms with Gasteiger partial charge in [-0.15, -0.1) is 0 Å². The Balaban J connectivity index is 2.20. The third kappa shape index (κ3) is 16.1. The Morgan fingerprint density at radius 3 is 1.36 bits per heavy atom. The van der Waals surface area contributed by atoms with Gasteiger partial charge >= 0.3 is 0 Å². The van der Waals surface area contributed by atoms with Crippen molar-refractivity contribution in [2.24, 2.45) is 10.2 Å². The quantitative estimate of drug-likeness (QED) is 0.0742. The number of ether oxygens (including phenoxy) is 3. The highest BCUT2D eigenvalue weighted by atomic mass is 16.5. The second-order valence-corrected chi connectivity index (χ2v) is 11.7. The maximum absolute atomic E-state index is 11.1. The number of carboxylic acids is 1. The lowest BCUT2D eigenvalue weighted by Crippen LogP contribution is -2.21. The Hall–Kier alpha value is -3.09. The summed E-state index contributed by atoms with van der Waals surface area (Å²) in [6.45, 7) is 8.50. The number of aromatic carboxylic acids is 1. The molecule has 0 atom stereocenters.